The second-order valence-electron chi connectivity index (χ2n) is 7.87. The van der Waals surface area contributed by atoms with Crippen LogP contribution in [0.4, 0.5) is 0 Å². The van der Waals surface area contributed by atoms with Gasteiger partial charge in [0.25, 0.3) is 0 Å². The van der Waals surface area contributed by atoms with Crippen LogP contribution in [0.15, 0.2) is 83.8 Å². The smallest absolute Gasteiger partial charge is 0.243 e. The molecule has 150 valence electrons. The molecule has 29 heavy (non-hydrogen) atoms. The van der Waals surface area contributed by atoms with E-state index in [1.165, 1.54) is 11.1 Å². The average molecular weight is 407 g/mol. The van der Waals surface area contributed by atoms with Gasteiger partial charge in [0.2, 0.25) is 10.0 Å². The predicted octanol–water partition coefficient (Wildman–Crippen LogP) is 3.99. The van der Waals surface area contributed by atoms with Crippen LogP contribution in [-0.4, -0.2) is 25.8 Å². The third-order valence-electron chi connectivity index (χ3n) is 5.63. The van der Waals surface area contributed by atoms with Crippen LogP contribution in [0.5, 0.6) is 0 Å². The monoisotopic (exact) mass is 406 g/mol. The highest BCUT2D eigenvalue weighted by Gasteiger charge is 2.49. The van der Waals surface area contributed by atoms with E-state index in [4.69, 9.17) is 0 Å². The summed E-state index contributed by atoms with van der Waals surface area (Å²) < 4.78 is 27.7. The van der Waals surface area contributed by atoms with E-state index in [0.29, 0.717) is 24.5 Å². The van der Waals surface area contributed by atoms with Gasteiger partial charge in [-0.25, -0.2) is 8.42 Å². The van der Waals surface area contributed by atoms with Crippen LogP contribution < -0.4 is 5.32 Å². The minimum atomic E-state index is -3.49. The molecule has 4 rings (SSSR count). The van der Waals surface area contributed by atoms with Gasteiger partial charge in [-0.1, -0.05) is 77.9 Å². The zero-order valence-corrected chi connectivity index (χ0v) is 17.6. The Balaban J connectivity index is 1.56. The molecule has 0 bridgehead atoms. The molecule has 0 amide bonds. The van der Waals surface area contributed by atoms with Gasteiger partial charge in [-0.15, -0.1) is 0 Å². The van der Waals surface area contributed by atoms with Gasteiger partial charge in [-0.05, 0) is 37.1 Å². The van der Waals surface area contributed by atoms with Crippen molar-refractivity contribution in [3.63, 3.8) is 0 Å². The zero-order chi connectivity index (χ0) is 20.5. The molecule has 3 aromatic rings. The Morgan fingerprint density at radius 2 is 1.38 bits per heavy atom. The Hall–Kier alpha value is -2.47. The van der Waals surface area contributed by atoms with Gasteiger partial charge in [0, 0.05) is 19.6 Å². The molecule has 0 saturated carbocycles. The number of nitrogens with zero attached hydrogens (tertiary/aromatic N) is 1. The molecule has 1 heterocycles. The van der Waals surface area contributed by atoms with Crippen LogP contribution in [0.2, 0.25) is 0 Å². The molecule has 0 aromatic heterocycles. The Morgan fingerprint density at radius 3 is 1.97 bits per heavy atom. The fourth-order valence-corrected chi connectivity index (χ4v) is 5.27. The quantitative estimate of drug-likeness (QED) is 0.673. The van der Waals surface area contributed by atoms with Gasteiger partial charge in [0.15, 0.2) is 0 Å². The second kappa shape index (κ2) is 7.75. The summed E-state index contributed by atoms with van der Waals surface area (Å²) in [5, 5.41) is 3.64. The maximum atomic E-state index is 13.1. The first-order valence-corrected chi connectivity index (χ1v) is 11.3. The Morgan fingerprint density at radius 1 is 0.828 bits per heavy atom. The highest BCUT2D eigenvalue weighted by molar-refractivity contribution is 7.89. The highest BCUT2D eigenvalue weighted by Crippen LogP contribution is 2.36. The van der Waals surface area contributed by atoms with E-state index in [2.05, 4.69) is 48.6 Å². The fraction of sp³-hybridized carbons (Fsp3) is 0.250. The maximum Gasteiger partial charge on any atom is 0.243 e. The van der Waals surface area contributed by atoms with Crippen LogP contribution in [0.25, 0.3) is 0 Å². The number of rotatable bonds is 6. The van der Waals surface area contributed by atoms with Gasteiger partial charge < -0.3 is 5.32 Å². The molecule has 1 N–H and O–H groups in total. The highest BCUT2D eigenvalue weighted by atomic mass is 32.2. The van der Waals surface area contributed by atoms with Crippen LogP contribution >= 0.6 is 0 Å². The standard InChI is InChI=1S/C24H26N2O2S/c1-19-8-12-21(13-9-19)16-25-24(22-6-4-3-5-7-22)17-26(18-24)29(27,28)23-14-10-20(2)11-15-23/h3-15,25H,16-18H2,1-2H3. The Bertz CT molecular complexity index is 1070. The van der Waals surface area contributed by atoms with E-state index >= 15 is 0 Å². The first-order chi connectivity index (χ1) is 13.9. The van der Waals surface area contributed by atoms with E-state index in [1.54, 1.807) is 16.4 Å². The van der Waals surface area contributed by atoms with Gasteiger partial charge in [-0.3, -0.25) is 0 Å². The van der Waals surface area contributed by atoms with E-state index in [-0.39, 0.29) is 5.54 Å². The molecule has 5 heteroatoms. The first-order valence-electron chi connectivity index (χ1n) is 9.82. The SMILES string of the molecule is Cc1ccc(CNC2(c3ccccc3)CN(S(=O)(=O)c3ccc(C)cc3)C2)cc1. The summed E-state index contributed by atoms with van der Waals surface area (Å²) in [6.07, 6.45) is 0. The molecule has 0 atom stereocenters. The lowest BCUT2D eigenvalue weighted by Gasteiger charge is -2.50. The van der Waals surface area contributed by atoms with Crippen molar-refractivity contribution in [1.82, 2.24) is 9.62 Å². The molecule has 0 radical (unpaired) electrons. The van der Waals surface area contributed by atoms with Crippen molar-refractivity contribution in [3.8, 4) is 0 Å². The average Bonchev–Trinajstić information content (AvgIpc) is 2.69. The van der Waals surface area contributed by atoms with Crippen molar-refractivity contribution in [2.24, 2.45) is 0 Å². The topological polar surface area (TPSA) is 49.4 Å². The molecule has 0 unspecified atom stereocenters. The molecule has 1 saturated heterocycles. The van der Waals surface area contributed by atoms with Gasteiger partial charge >= 0.3 is 0 Å². The minimum Gasteiger partial charge on any atom is -0.301 e. The van der Waals surface area contributed by atoms with E-state index in [0.717, 1.165) is 11.1 Å². The van der Waals surface area contributed by atoms with Crippen molar-refractivity contribution in [3.05, 3.63) is 101 Å². The van der Waals surface area contributed by atoms with Crippen LogP contribution in [0.1, 0.15) is 22.3 Å². The van der Waals surface area contributed by atoms with Gasteiger partial charge in [0.05, 0.1) is 10.4 Å². The largest absolute Gasteiger partial charge is 0.301 e. The molecule has 0 aliphatic carbocycles. The number of nitrogens with one attached hydrogen (secondary N) is 1. The van der Waals surface area contributed by atoms with Gasteiger partial charge in [0.1, 0.15) is 0 Å². The fourth-order valence-electron chi connectivity index (χ4n) is 3.72. The first kappa shape index (κ1) is 19.8. The second-order valence-corrected chi connectivity index (χ2v) is 9.81. The van der Waals surface area contributed by atoms with E-state index in [1.807, 2.05) is 37.3 Å². The molecular formula is C24H26N2O2S. The van der Waals surface area contributed by atoms with Gasteiger partial charge in [-0.2, -0.15) is 4.31 Å². The minimum absolute atomic E-state index is 0.350. The predicted molar refractivity (Wildman–Crippen MR) is 116 cm³/mol. The Kier molecular flexibility index (Phi) is 5.30. The van der Waals surface area contributed by atoms with Crippen LogP contribution in [0.3, 0.4) is 0 Å². The molecule has 4 nitrogen and oxygen atoms in total. The van der Waals surface area contributed by atoms with Crippen LogP contribution in [0, 0.1) is 13.8 Å². The Labute approximate surface area is 173 Å². The van der Waals surface area contributed by atoms with Crippen molar-refractivity contribution >= 4 is 10.0 Å². The number of sulfonamides is 1. The number of hydrogen-bond donors (Lipinski definition) is 1. The molecule has 0 spiro atoms. The normalized spacial score (nSPS) is 16.3. The lowest BCUT2D eigenvalue weighted by atomic mass is 9.84. The lowest BCUT2D eigenvalue weighted by Crippen LogP contribution is -2.67. The summed E-state index contributed by atoms with van der Waals surface area (Å²) in [5.74, 6) is 0. The lowest BCUT2D eigenvalue weighted by molar-refractivity contribution is 0.112. The number of aryl methyl sites for hydroxylation is 2. The summed E-state index contributed by atoms with van der Waals surface area (Å²) in [6.45, 7) is 5.55. The summed E-state index contributed by atoms with van der Waals surface area (Å²) in [4.78, 5) is 0.350. The summed E-state index contributed by atoms with van der Waals surface area (Å²) in [6, 6.07) is 25.6. The van der Waals surface area contributed by atoms with Crippen LogP contribution in [-0.2, 0) is 22.1 Å². The molecule has 1 fully saturated rings. The summed E-state index contributed by atoms with van der Waals surface area (Å²) >= 11 is 0. The van der Waals surface area contributed by atoms with Crippen molar-refractivity contribution < 1.29 is 8.42 Å². The molecule has 1 aliphatic rings. The van der Waals surface area contributed by atoms with Crippen molar-refractivity contribution in [2.45, 2.75) is 30.8 Å². The van der Waals surface area contributed by atoms with Crippen molar-refractivity contribution in [1.29, 1.82) is 0 Å². The van der Waals surface area contributed by atoms with E-state index < -0.39 is 10.0 Å². The zero-order valence-electron chi connectivity index (χ0n) is 16.8. The number of hydrogen-bond acceptors (Lipinski definition) is 3. The molecular weight excluding hydrogens is 380 g/mol. The molecule has 1 aliphatic heterocycles. The third-order valence-corrected chi connectivity index (χ3v) is 7.44. The van der Waals surface area contributed by atoms with Crippen molar-refractivity contribution in [2.75, 3.05) is 13.1 Å². The summed E-state index contributed by atoms with van der Waals surface area (Å²) in [7, 11) is -3.49. The summed E-state index contributed by atoms with van der Waals surface area (Å²) in [5.41, 5.74) is 4.19. The van der Waals surface area contributed by atoms with E-state index in [9.17, 15) is 8.42 Å². The third kappa shape index (κ3) is 3.99. The molecule has 3 aromatic carbocycles. The number of benzene rings is 3. The maximum absolute atomic E-state index is 13.1.